The standard InChI is InChI=1S/C14H14ClI2N5O2/c1-6-3-20(16)4-8-5-24-11-9-12(21(6)8)19-14(23)22(17)13(9)18-7(2)10(11)15/h6,8H,3-5H2,1-2H3. The van der Waals surface area contributed by atoms with Crippen LogP contribution >= 0.6 is 57.3 Å². The van der Waals surface area contributed by atoms with Crippen LogP contribution in [0.5, 0.6) is 5.75 Å². The number of ether oxygens (including phenoxy) is 1. The van der Waals surface area contributed by atoms with Crippen molar-refractivity contribution in [2.24, 2.45) is 0 Å². The van der Waals surface area contributed by atoms with E-state index in [0.29, 0.717) is 34.5 Å². The van der Waals surface area contributed by atoms with E-state index in [1.807, 2.05) is 29.8 Å². The number of nitrogens with zero attached hydrogens (tertiary/aromatic N) is 5. The molecule has 4 heterocycles. The summed E-state index contributed by atoms with van der Waals surface area (Å²) in [6.07, 6.45) is 0. The summed E-state index contributed by atoms with van der Waals surface area (Å²) in [7, 11) is 0. The van der Waals surface area contributed by atoms with Gasteiger partial charge in [-0.25, -0.2) is 15.7 Å². The Morgan fingerprint density at radius 1 is 1.29 bits per heavy atom. The van der Waals surface area contributed by atoms with Crippen LogP contribution in [0.4, 0.5) is 5.82 Å². The lowest BCUT2D eigenvalue weighted by atomic mass is 10.1. The summed E-state index contributed by atoms with van der Waals surface area (Å²) in [6.45, 7) is 6.16. The molecule has 0 radical (unpaired) electrons. The van der Waals surface area contributed by atoms with E-state index in [1.54, 1.807) is 0 Å². The number of aryl methyl sites for hydroxylation is 1. The van der Waals surface area contributed by atoms with Gasteiger partial charge in [-0.05, 0) is 13.8 Å². The fraction of sp³-hybridized carbons (Fsp3) is 0.500. The molecule has 24 heavy (non-hydrogen) atoms. The Balaban J connectivity index is 2.08. The highest BCUT2D eigenvalue weighted by Gasteiger charge is 2.38. The highest BCUT2D eigenvalue weighted by atomic mass is 127. The lowest BCUT2D eigenvalue weighted by molar-refractivity contribution is 0.236. The molecule has 0 bridgehead atoms. The Kier molecular flexibility index (Phi) is 4.32. The van der Waals surface area contributed by atoms with Gasteiger partial charge in [0.1, 0.15) is 22.8 Å². The first kappa shape index (κ1) is 17.0. The number of piperazine rings is 1. The smallest absolute Gasteiger partial charge is 0.360 e. The molecule has 2 aliphatic heterocycles. The fourth-order valence-electron chi connectivity index (χ4n) is 3.41. The fourth-order valence-corrected chi connectivity index (χ4v) is 5.08. The molecule has 2 atom stereocenters. The van der Waals surface area contributed by atoms with Gasteiger partial charge in [0.05, 0.1) is 34.6 Å². The van der Waals surface area contributed by atoms with E-state index in [4.69, 9.17) is 16.3 Å². The molecule has 7 nitrogen and oxygen atoms in total. The predicted molar refractivity (Wildman–Crippen MR) is 110 cm³/mol. The molecule has 0 aliphatic carbocycles. The molecule has 0 saturated carbocycles. The Bertz CT molecular complexity index is 905. The van der Waals surface area contributed by atoms with Crippen LogP contribution in [-0.4, -0.2) is 47.6 Å². The van der Waals surface area contributed by atoms with E-state index in [2.05, 4.69) is 47.8 Å². The van der Waals surface area contributed by atoms with E-state index in [-0.39, 0.29) is 17.8 Å². The van der Waals surface area contributed by atoms with Crippen molar-refractivity contribution in [3.05, 3.63) is 21.2 Å². The van der Waals surface area contributed by atoms with Gasteiger partial charge in [0.25, 0.3) is 0 Å². The van der Waals surface area contributed by atoms with Crippen molar-refractivity contribution in [3.8, 4) is 5.75 Å². The summed E-state index contributed by atoms with van der Waals surface area (Å²) < 4.78 is 9.75. The maximum atomic E-state index is 12.4. The minimum atomic E-state index is -0.331. The van der Waals surface area contributed by atoms with Gasteiger partial charge >= 0.3 is 5.69 Å². The summed E-state index contributed by atoms with van der Waals surface area (Å²) in [5, 5.41) is 1.20. The van der Waals surface area contributed by atoms with E-state index in [1.165, 1.54) is 2.78 Å². The molecular weight excluding hydrogens is 559 g/mol. The van der Waals surface area contributed by atoms with Gasteiger partial charge in [-0.1, -0.05) is 11.6 Å². The number of halogens is 3. The van der Waals surface area contributed by atoms with Crippen LogP contribution < -0.4 is 15.3 Å². The first-order valence-corrected chi connectivity index (χ1v) is 9.80. The molecule has 0 N–H and O–H groups in total. The predicted octanol–water partition coefficient (Wildman–Crippen LogP) is 2.57. The molecule has 1 saturated heterocycles. The number of pyridine rings is 1. The van der Waals surface area contributed by atoms with Crippen LogP contribution in [0, 0.1) is 6.92 Å². The zero-order valence-electron chi connectivity index (χ0n) is 13.0. The highest BCUT2D eigenvalue weighted by molar-refractivity contribution is 14.1. The average molecular weight is 574 g/mol. The number of rotatable bonds is 0. The van der Waals surface area contributed by atoms with Gasteiger partial charge in [-0.15, -0.1) is 0 Å². The summed E-state index contributed by atoms with van der Waals surface area (Å²) in [5.41, 5.74) is 0.861. The first-order chi connectivity index (χ1) is 11.4. The minimum Gasteiger partial charge on any atom is -0.489 e. The molecular formula is C14H14ClI2N5O2. The number of aromatic nitrogens is 3. The van der Waals surface area contributed by atoms with Gasteiger partial charge < -0.3 is 9.64 Å². The zero-order chi connectivity index (χ0) is 17.2. The quantitative estimate of drug-likeness (QED) is 0.357. The monoisotopic (exact) mass is 573 g/mol. The highest BCUT2D eigenvalue weighted by Crippen LogP contribution is 2.42. The Morgan fingerprint density at radius 2 is 2.04 bits per heavy atom. The third kappa shape index (κ3) is 2.50. The van der Waals surface area contributed by atoms with Gasteiger partial charge in [0.2, 0.25) is 0 Å². The third-order valence-electron chi connectivity index (χ3n) is 4.42. The average Bonchev–Trinajstić information content (AvgIpc) is 2.67. The molecule has 128 valence electrons. The Morgan fingerprint density at radius 3 is 2.79 bits per heavy atom. The second kappa shape index (κ2) is 6.09. The summed E-state index contributed by atoms with van der Waals surface area (Å²) in [5.74, 6) is 1.21. The molecule has 2 aliphatic rings. The van der Waals surface area contributed by atoms with Crippen molar-refractivity contribution in [3.63, 3.8) is 0 Å². The summed E-state index contributed by atoms with van der Waals surface area (Å²) in [6, 6.07) is 0.310. The maximum absolute atomic E-state index is 12.4. The third-order valence-corrected chi connectivity index (χ3v) is 6.53. The number of hydrogen-bond donors (Lipinski definition) is 0. The second-order valence-corrected chi connectivity index (χ2v) is 8.79. The second-order valence-electron chi connectivity index (χ2n) is 6.09. The van der Waals surface area contributed by atoms with Crippen LogP contribution in [0.15, 0.2) is 4.79 Å². The van der Waals surface area contributed by atoms with Gasteiger partial charge in [-0.3, -0.25) is 0 Å². The number of fused-ring (bicyclic) bond motifs is 2. The number of hydrogen-bond acceptors (Lipinski definition) is 6. The Hall–Kier alpha value is -0.400. The van der Waals surface area contributed by atoms with Crippen LogP contribution in [0.25, 0.3) is 11.0 Å². The molecule has 1 fully saturated rings. The van der Waals surface area contributed by atoms with E-state index < -0.39 is 0 Å². The summed E-state index contributed by atoms with van der Waals surface area (Å²) in [4.78, 5) is 23.5. The van der Waals surface area contributed by atoms with E-state index >= 15 is 0 Å². The van der Waals surface area contributed by atoms with Crippen molar-refractivity contribution in [2.45, 2.75) is 25.9 Å². The minimum absolute atomic E-state index is 0.106. The zero-order valence-corrected chi connectivity index (χ0v) is 18.0. The van der Waals surface area contributed by atoms with Crippen molar-refractivity contribution in [1.82, 2.24) is 15.9 Å². The van der Waals surface area contributed by atoms with Crippen molar-refractivity contribution in [1.29, 1.82) is 0 Å². The van der Waals surface area contributed by atoms with Crippen LogP contribution in [0.2, 0.25) is 5.02 Å². The largest absolute Gasteiger partial charge is 0.489 e. The SMILES string of the molecule is Cc1nc2c3c(nc(=O)n2I)N2C(C)CN(I)CC2COc3c1Cl. The molecule has 2 unspecified atom stereocenters. The first-order valence-electron chi connectivity index (χ1n) is 7.49. The molecule has 2 aromatic rings. The van der Waals surface area contributed by atoms with Gasteiger partial charge in [0.15, 0.2) is 11.4 Å². The van der Waals surface area contributed by atoms with E-state index in [9.17, 15) is 4.79 Å². The molecule has 10 heteroatoms. The maximum Gasteiger partial charge on any atom is 0.360 e. The van der Waals surface area contributed by atoms with Gasteiger partial charge in [-0.2, -0.15) is 4.98 Å². The number of anilines is 1. The molecule has 2 aromatic heterocycles. The molecule has 0 amide bonds. The molecule has 0 spiro atoms. The van der Waals surface area contributed by atoms with Crippen LogP contribution in [0.1, 0.15) is 12.6 Å². The van der Waals surface area contributed by atoms with Crippen LogP contribution in [0.3, 0.4) is 0 Å². The van der Waals surface area contributed by atoms with Crippen molar-refractivity contribution < 1.29 is 4.74 Å². The normalized spacial score (nSPS) is 23.8. The van der Waals surface area contributed by atoms with Gasteiger partial charge in [0, 0.05) is 42.0 Å². The van der Waals surface area contributed by atoms with Crippen LogP contribution in [-0.2, 0) is 0 Å². The molecule has 4 rings (SSSR count). The molecule has 0 aromatic carbocycles. The van der Waals surface area contributed by atoms with E-state index in [0.717, 1.165) is 18.5 Å². The summed E-state index contributed by atoms with van der Waals surface area (Å²) >= 11 is 10.7. The topological polar surface area (TPSA) is 63.5 Å². The Labute approximate surface area is 171 Å². The lowest BCUT2D eigenvalue weighted by Crippen LogP contribution is -2.57. The van der Waals surface area contributed by atoms with Crippen molar-refractivity contribution in [2.75, 3.05) is 24.6 Å². The lowest BCUT2D eigenvalue weighted by Gasteiger charge is -2.43. The van der Waals surface area contributed by atoms with Crippen molar-refractivity contribution >= 4 is 74.2 Å².